The number of halogens is 3. The fraction of sp³-hybridized carbons (Fsp3) is 0.294. The zero-order chi connectivity index (χ0) is 18.3. The quantitative estimate of drug-likeness (QED) is 0.436. The van der Waals surface area contributed by atoms with Crippen molar-refractivity contribution in [3.63, 3.8) is 0 Å². The lowest BCUT2D eigenvalue weighted by Crippen LogP contribution is -2.20. The van der Waals surface area contributed by atoms with E-state index in [2.05, 4.69) is 16.5 Å². The van der Waals surface area contributed by atoms with Crippen molar-refractivity contribution in [2.24, 2.45) is 0 Å². The van der Waals surface area contributed by atoms with Gasteiger partial charge < -0.3 is 9.84 Å². The SMILES string of the molecule is C=CCc1ccccc1OCC(O)CSc1nccc(C(F)(F)F)n1. The molecule has 0 aliphatic heterocycles. The second-order valence-electron chi connectivity index (χ2n) is 5.10. The van der Waals surface area contributed by atoms with E-state index >= 15 is 0 Å². The zero-order valence-corrected chi connectivity index (χ0v) is 14.1. The lowest BCUT2D eigenvalue weighted by atomic mass is 10.1. The molecule has 0 aliphatic rings. The summed E-state index contributed by atoms with van der Waals surface area (Å²) in [7, 11) is 0. The number of para-hydroxylation sites is 1. The highest BCUT2D eigenvalue weighted by atomic mass is 32.2. The second kappa shape index (κ2) is 8.87. The number of hydrogen-bond acceptors (Lipinski definition) is 5. The number of thioether (sulfide) groups is 1. The molecule has 1 aromatic heterocycles. The van der Waals surface area contributed by atoms with E-state index in [1.54, 1.807) is 12.1 Å². The maximum atomic E-state index is 12.6. The van der Waals surface area contributed by atoms with E-state index in [9.17, 15) is 18.3 Å². The van der Waals surface area contributed by atoms with Crippen molar-refractivity contribution < 1.29 is 23.0 Å². The molecule has 2 rings (SSSR count). The Bertz CT molecular complexity index is 710. The first kappa shape index (κ1) is 19.3. The summed E-state index contributed by atoms with van der Waals surface area (Å²) in [5.74, 6) is 0.757. The molecule has 2 aromatic rings. The molecule has 0 aliphatic carbocycles. The summed E-state index contributed by atoms with van der Waals surface area (Å²) in [4.78, 5) is 7.21. The van der Waals surface area contributed by atoms with Crippen LogP contribution in [0.3, 0.4) is 0 Å². The molecule has 0 fully saturated rings. The van der Waals surface area contributed by atoms with Crippen molar-refractivity contribution in [1.82, 2.24) is 9.97 Å². The first-order valence-electron chi connectivity index (χ1n) is 7.43. The van der Waals surface area contributed by atoms with E-state index in [0.717, 1.165) is 29.6 Å². The molecule has 0 saturated carbocycles. The highest BCUT2D eigenvalue weighted by molar-refractivity contribution is 7.99. The van der Waals surface area contributed by atoms with E-state index in [0.29, 0.717) is 12.2 Å². The lowest BCUT2D eigenvalue weighted by molar-refractivity contribution is -0.141. The number of rotatable bonds is 8. The minimum absolute atomic E-state index is 0.0140. The Kier molecular flexibility index (Phi) is 6.83. The molecule has 0 radical (unpaired) electrons. The molecule has 25 heavy (non-hydrogen) atoms. The van der Waals surface area contributed by atoms with Crippen molar-refractivity contribution in [3.8, 4) is 5.75 Å². The van der Waals surface area contributed by atoms with Crippen LogP contribution in [0.4, 0.5) is 13.2 Å². The Morgan fingerprint density at radius 1 is 1.28 bits per heavy atom. The van der Waals surface area contributed by atoms with Crippen LogP contribution in [-0.4, -0.2) is 33.5 Å². The summed E-state index contributed by atoms with van der Waals surface area (Å²) in [6, 6.07) is 8.19. The number of aromatic nitrogens is 2. The van der Waals surface area contributed by atoms with Crippen molar-refractivity contribution >= 4 is 11.8 Å². The molecule has 1 N–H and O–H groups in total. The average molecular weight is 370 g/mol. The summed E-state index contributed by atoms with van der Waals surface area (Å²) in [6.07, 6.45) is -1.96. The minimum Gasteiger partial charge on any atom is -0.491 e. The fourth-order valence-electron chi connectivity index (χ4n) is 1.94. The Balaban J connectivity index is 1.87. The summed E-state index contributed by atoms with van der Waals surface area (Å²) in [5, 5.41) is 9.94. The van der Waals surface area contributed by atoms with Crippen LogP contribution >= 0.6 is 11.8 Å². The third kappa shape index (κ3) is 6.06. The molecule has 1 heterocycles. The maximum absolute atomic E-state index is 12.6. The van der Waals surface area contributed by atoms with Gasteiger partial charge in [0.05, 0.1) is 6.10 Å². The highest BCUT2D eigenvalue weighted by Crippen LogP contribution is 2.28. The van der Waals surface area contributed by atoms with Gasteiger partial charge in [0.1, 0.15) is 18.1 Å². The maximum Gasteiger partial charge on any atom is 0.433 e. The number of benzene rings is 1. The van der Waals surface area contributed by atoms with Crippen molar-refractivity contribution in [2.75, 3.05) is 12.4 Å². The van der Waals surface area contributed by atoms with Crippen LogP contribution < -0.4 is 4.74 Å². The Morgan fingerprint density at radius 3 is 2.76 bits per heavy atom. The van der Waals surface area contributed by atoms with E-state index < -0.39 is 18.0 Å². The van der Waals surface area contributed by atoms with Gasteiger partial charge in [-0.2, -0.15) is 13.2 Å². The molecule has 0 bridgehead atoms. The molecule has 0 saturated heterocycles. The first-order valence-corrected chi connectivity index (χ1v) is 8.41. The molecular weight excluding hydrogens is 353 g/mol. The molecule has 1 unspecified atom stereocenters. The van der Waals surface area contributed by atoms with E-state index in [1.165, 1.54) is 0 Å². The van der Waals surface area contributed by atoms with Crippen LogP contribution in [0.2, 0.25) is 0 Å². The van der Waals surface area contributed by atoms with Gasteiger partial charge in [0.25, 0.3) is 0 Å². The molecule has 0 spiro atoms. The van der Waals surface area contributed by atoms with Crippen LogP contribution in [0.25, 0.3) is 0 Å². The Morgan fingerprint density at radius 2 is 2.04 bits per heavy atom. The molecule has 0 amide bonds. The molecule has 134 valence electrons. The average Bonchev–Trinajstić information content (AvgIpc) is 2.59. The smallest absolute Gasteiger partial charge is 0.433 e. The van der Waals surface area contributed by atoms with Gasteiger partial charge in [0.15, 0.2) is 5.16 Å². The van der Waals surface area contributed by atoms with E-state index in [-0.39, 0.29) is 17.5 Å². The van der Waals surface area contributed by atoms with Gasteiger partial charge in [-0.3, -0.25) is 0 Å². The predicted molar refractivity (Wildman–Crippen MR) is 89.6 cm³/mol. The number of alkyl halides is 3. The fourth-order valence-corrected chi connectivity index (χ4v) is 2.68. The molecule has 4 nitrogen and oxygen atoms in total. The normalized spacial score (nSPS) is 12.6. The predicted octanol–water partition coefficient (Wildman–Crippen LogP) is 3.76. The Hall–Kier alpha value is -2.06. The number of nitrogens with zero attached hydrogens (tertiary/aromatic N) is 2. The van der Waals surface area contributed by atoms with Gasteiger partial charge in [0, 0.05) is 11.9 Å². The van der Waals surface area contributed by atoms with Gasteiger partial charge in [-0.15, -0.1) is 6.58 Å². The summed E-state index contributed by atoms with van der Waals surface area (Å²) in [6.45, 7) is 3.69. The van der Waals surface area contributed by atoms with Crippen molar-refractivity contribution in [3.05, 3.63) is 60.4 Å². The number of ether oxygens (including phenoxy) is 1. The third-order valence-corrected chi connectivity index (χ3v) is 4.10. The minimum atomic E-state index is -4.52. The van der Waals surface area contributed by atoms with Crippen molar-refractivity contribution in [2.45, 2.75) is 23.9 Å². The third-order valence-electron chi connectivity index (χ3n) is 3.10. The molecule has 1 atom stereocenters. The number of aliphatic hydroxyl groups is 1. The van der Waals surface area contributed by atoms with Crippen LogP contribution in [-0.2, 0) is 12.6 Å². The van der Waals surface area contributed by atoms with E-state index in [4.69, 9.17) is 4.74 Å². The summed E-state index contributed by atoms with van der Waals surface area (Å²) < 4.78 is 43.4. The van der Waals surface area contributed by atoms with Crippen LogP contribution in [0.15, 0.2) is 54.3 Å². The molecular formula is C17H17F3N2O2S. The van der Waals surface area contributed by atoms with Gasteiger partial charge >= 0.3 is 6.18 Å². The van der Waals surface area contributed by atoms with Crippen LogP contribution in [0.1, 0.15) is 11.3 Å². The highest BCUT2D eigenvalue weighted by Gasteiger charge is 2.32. The van der Waals surface area contributed by atoms with Crippen molar-refractivity contribution in [1.29, 1.82) is 0 Å². The van der Waals surface area contributed by atoms with Crippen LogP contribution in [0, 0.1) is 0 Å². The summed E-state index contributed by atoms with van der Waals surface area (Å²) >= 11 is 0.940. The van der Waals surface area contributed by atoms with Gasteiger partial charge in [-0.25, -0.2) is 9.97 Å². The standard InChI is InChI=1S/C17H17F3N2O2S/c1-2-5-12-6-3-4-7-14(12)24-10-13(23)11-25-16-21-9-8-15(22-16)17(18,19)20/h2-4,6-9,13,23H,1,5,10-11H2. The largest absolute Gasteiger partial charge is 0.491 e. The number of aliphatic hydroxyl groups excluding tert-OH is 1. The number of allylic oxidation sites excluding steroid dienone is 1. The van der Waals surface area contributed by atoms with Gasteiger partial charge in [0.2, 0.25) is 0 Å². The molecule has 1 aromatic carbocycles. The first-order chi connectivity index (χ1) is 11.9. The topological polar surface area (TPSA) is 55.2 Å². The van der Waals surface area contributed by atoms with Gasteiger partial charge in [-0.05, 0) is 24.1 Å². The molecule has 8 heteroatoms. The monoisotopic (exact) mass is 370 g/mol. The van der Waals surface area contributed by atoms with E-state index in [1.807, 2.05) is 18.2 Å². The van der Waals surface area contributed by atoms with Crippen LogP contribution in [0.5, 0.6) is 5.75 Å². The Labute approximate surface area is 147 Å². The number of hydrogen-bond donors (Lipinski definition) is 1. The zero-order valence-electron chi connectivity index (χ0n) is 13.2. The lowest BCUT2D eigenvalue weighted by Gasteiger charge is -2.14. The van der Waals surface area contributed by atoms with Gasteiger partial charge in [-0.1, -0.05) is 36.0 Å². The second-order valence-corrected chi connectivity index (χ2v) is 6.09. The summed E-state index contributed by atoms with van der Waals surface area (Å²) in [5.41, 5.74) is -0.0624.